The highest BCUT2D eigenvalue weighted by Gasteiger charge is 2.61. The smallest absolute Gasteiger partial charge is 0.269 e. The number of rotatable bonds is 5. The predicted octanol–water partition coefficient (Wildman–Crippen LogP) is 3.92. The van der Waals surface area contributed by atoms with Crippen LogP contribution < -0.4 is 19.9 Å². The maximum Gasteiger partial charge on any atom is 0.269 e. The van der Waals surface area contributed by atoms with Crippen LogP contribution in [0.1, 0.15) is 11.1 Å². The lowest BCUT2D eigenvalue weighted by Crippen LogP contribution is -2.50. The number of benzene rings is 3. The van der Waals surface area contributed by atoms with Crippen LogP contribution in [0.15, 0.2) is 72.8 Å². The minimum Gasteiger partial charge on any atom is -0.495 e. The first kappa shape index (κ1) is 22.0. The summed E-state index contributed by atoms with van der Waals surface area (Å²) in [5, 5.41) is 2.83. The first-order valence-corrected chi connectivity index (χ1v) is 11.8. The molecule has 1 spiro atoms. The molecule has 7 nitrogen and oxygen atoms in total. The number of para-hydroxylation sites is 3. The van der Waals surface area contributed by atoms with E-state index in [9.17, 15) is 14.4 Å². The van der Waals surface area contributed by atoms with Gasteiger partial charge in [-0.15, -0.1) is 11.8 Å². The maximum absolute atomic E-state index is 14.0. The number of fused-ring (bicyclic) bond motifs is 2. The molecule has 2 aliphatic heterocycles. The molecule has 3 aromatic rings. The van der Waals surface area contributed by atoms with Crippen molar-refractivity contribution >= 4 is 46.5 Å². The Kier molecular flexibility index (Phi) is 5.53. The van der Waals surface area contributed by atoms with Crippen molar-refractivity contribution in [2.75, 3.05) is 34.5 Å². The normalized spacial score (nSPS) is 19.0. The maximum atomic E-state index is 14.0. The number of hydrogen-bond acceptors (Lipinski definition) is 5. The molecule has 8 heteroatoms. The zero-order chi connectivity index (χ0) is 23.9. The quantitative estimate of drug-likeness (QED) is 0.608. The Bertz CT molecular complexity index is 1310. The molecule has 3 aromatic carbocycles. The summed E-state index contributed by atoms with van der Waals surface area (Å²) in [6.45, 7) is 1.76. The van der Waals surface area contributed by atoms with E-state index in [0.717, 1.165) is 5.56 Å². The zero-order valence-corrected chi connectivity index (χ0v) is 19.6. The third kappa shape index (κ3) is 3.42. The third-order valence-corrected chi connectivity index (χ3v) is 7.39. The minimum atomic E-state index is -1.24. The first-order valence-electron chi connectivity index (χ1n) is 10.8. The lowest BCUT2D eigenvalue weighted by Gasteiger charge is -2.33. The summed E-state index contributed by atoms with van der Waals surface area (Å²) in [6.07, 6.45) is 0. The molecule has 0 bridgehead atoms. The molecule has 172 valence electrons. The minimum absolute atomic E-state index is 0.140. The molecule has 0 radical (unpaired) electrons. The lowest BCUT2D eigenvalue weighted by atomic mass is 10.0. The molecule has 34 heavy (non-hydrogen) atoms. The van der Waals surface area contributed by atoms with Gasteiger partial charge in [-0.3, -0.25) is 24.2 Å². The molecule has 0 saturated carbocycles. The SMILES string of the molecule is COc1ccccc1NC(=O)CN1C(=O)C2(SCC(=O)N2c2cccc(C)c2)c2ccccc21. The number of aryl methyl sites for hydroxylation is 1. The van der Waals surface area contributed by atoms with Crippen molar-refractivity contribution in [1.82, 2.24) is 0 Å². The molecular weight excluding hydrogens is 450 g/mol. The summed E-state index contributed by atoms with van der Waals surface area (Å²) >= 11 is 1.29. The Morgan fingerprint density at radius 3 is 2.62 bits per heavy atom. The molecule has 2 aliphatic rings. The van der Waals surface area contributed by atoms with Gasteiger partial charge in [0.05, 0.1) is 24.2 Å². The highest BCUT2D eigenvalue weighted by Crippen LogP contribution is 2.55. The Balaban J connectivity index is 1.52. The molecule has 1 unspecified atom stereocenters. The zero-order valence-electron chi connectivity index (χ0n) is 18.8. The number of methoxy groups -OCH3 is 1. The number of carbonyl (C=O) groups excluding carboxylic acids is 3. The van der Waals surface area contributed by atoms with E-state index in [2.05, 4.69) is 5.32 Å². The van der Waals surface area contributed by atoms with Crippen LogP contribution in [0.2, 0.25) is 0 Å². The molecule has 1 atom stereocenters. The summed E-state index contributed by atoms with van der Waals surface area (Å²) in [4.78, 5) is 41.9. The van der Waals surface area contributed by atoms with Gasteiger partial charge >= 0.3 is 0 Å². The van der Waals surface area contributed by atoms with Gasteiger partial charge in [-0.2, -0.15) is 0 Å². The molecular formula is C26H23N3O4S. The summed E-state index contributed by atoms with van der Waals surface area (Å²) in [6, 6.07) is 22.0. The van der Waals surface area contributed by atoms with E-state index in [1.165, 1.54) is 23.8 Å². The van der Waals surface area contributed by atoms with Gasteiger partial charge in [0.1, 0.15) is 12.3 Å². The molecule has 1 saturated heterocycles. The monoisotopic (exact) mass is 473 g/mol. The Labute approximate surface area is 201 Å². The van der Waals surface area contributed by atoms with E-state index < -0.39 is 4.87 Å². The number of thioether (sulfide) groups is 1. The fourth-order valence-corrected chi connectivity index (χ4v) is 5.92. The van der Waals surface area contributed by atoms with Crippen molar-refractivity contribution in [3.8, 4) is 5.75 Å². The summed E-state index contributed by atoms with van der Waals surface area (Å²) in [5.74, 6) is -0.0978. The van der Waals surface area contributed by atoms with Crippen molar-refractivity contribution in [2.45, 2.75) is 11.8 Å². The van der Waals surface area contributed by atoms with Gasteiger partial charge in [-0.25, -0.2) is 0 Å². The molecule has 2 heterocycles. The largest absolute Gasteiger partial charge is 0.495 e. The van der Waals surface area contributed by atoms with Gasteiger partial charge in [0, 0.05) is 11.3 Å². The Morgan fingerprint density at radius 2 is 1.82 bits per heavy atom. The number of carbonyl (C=O) groups is 3. The second-order valence-corrected chi connectivity index (χ2v) is 9.33. The third-order valence-electron chi connectivity index (χ3n) is 6.01. The van der Waals surface area contributed by atoms with Crippen molar-refractivity contribution in [3.05, 3.63) is 83.9 Å². The molecule has 1 N–H and O–H groups in total. The van der Waals surface area contributed by atoms with E-state index in [0.29, 0.717) is 28.4 Å². The molecule has 0 aliphatic carbocycles. The average molecular weight is 474 g/mol. The predicted molar refractivity (Wildman–Crippen MR) is 133 cm³/mol. The number of hydrogen-bond donors (Lipinski definition) is 1. The van der Waals surface area contributed by atoms with E-state index in [-0.39, 0.29) is 30.0 Å². The van der Waals surface area contributed by atoms with Gasteiger partial charge in [0.15, 0.2) is 0 Å². The Hall–Kier alpha value is -3.78. The van der Waals surface area contributed by atoms with Gasteiger partial charge in [0.2, 0.25) is 16.7 Å². The van der Waals surface area contributed by atoms with Crippen LogP contribution in [0.25, 0.3) is 0 Å². The highest BCUT2D eigenvalue weighted by atomic mass is 32.2. The fourth-order valence-electron chi connectivity index (χ4n) is 4.56. The van der Waals surface area contributed by atoms with Crippen LogP contribution in [0, 0.1) is 6.92 Å². The Morgan fingerprint density at radius 1 is 1.06 bits per heavy atom. The van der Waals surface area contributed by atoms with E-state index in [4.69, 9.17) is 4.74 Å². The van der Waals surface area contributed by atoms with Crippen molar-refractivity contribution in [3.63, 3.8) is 0 Å². The van der Waals surface area contributed by atoms with Gasteiger partial charge in [-0.1, -0.05) is 42.5 Å². The highest BCUT2D eigenvalue weighted by molar-refractivity contribution is 8.02. The fraction of sp³-hybridized carbons (Fsp3) is 0.192. The first-order chi connectivity index (χ1) is 16.5. The topological polar surface area (TPSA) is 79.0 Å². The van der Waals surface area contributed by atoms with Crippen LogP contribution in [0.5, 0.6) is 5.75 Å². The van der Waals surface area contributed by atoms with Crippen LogP contribution >= 0.6 is 11.8 Å². The number of ether oxygens (including phenoxy) is 1. The summed E-state index contributed by atoms with van der Waals surface area (Å²) in [7, 11) is 1.53. The van der Waals surface area contributed by atoms with Crippen molar-refractivity contribution in [2.24, 2.45) is 0 Å². The van der Waals surface area contributed by atoms with Crippen molar-refractivity contribution < 1.29 is 19.1 Å². The lowest BCUT2D eigenvalue weighted by molar-refractivity contribution is -0.124. The number of amides is 3. The summed E-state index contributed by atoms with van der Waals surface area (Å²) in [5.41, 5.74) is 3.52. The van der Waals surface area contributed by atoms with Gasteiger partial charge in [-0.05, 0) is 42.8 Å². The van der Waals surface area contributed by atoms with Gasteiger partial charge in [0.25, 0.3) is 5.91 Å². The number of nitrogens with one attached hydrogen (secondary N) is 1. The van der Waals surface area contributed by atoms with Crippen LogP contribution in [-0.4, -0.2) is 37.1 Å². The van der Waals surface area contributed by atoms with Gasteiger partial charge < -0.3 is 10.1 Å². The molecule has 1 fully saturated rings. The van der Waals surface area contributed by atoms with Crippen molar-refractivity contribution in [1.29, 1.82) is 0 Å². The summed E-state index contributed by atoms with van der Waals surface area (Å²) < 4.78 is 5.31. The average Bonchev–Trinajstić information content (AvgIpc) is 3.30. The second kappa shape index (κ2) is 8.53. The standard InChI is InChI=1S/C26H23N3O4S/c1-17-8-7-9-18(14-17)29-24(31)16-34-26(29)19-10-3-5-12-21(19)28(25(26)32)15-23(30)27-20-11-4-6-13-22(20)33-2/h3-14H,15-16H2,1-2H3,(H,27,30). The van der Waals surface area contributed by atoms with Crippen LogP contribution in [0.4, 0.5) is 17.1 Å². The molecule has 3 amide bonds. The van der Waals surface area contributed by atoms with Crippen LogP contribution in [0.3, 0.4) is 0 Å². The second-order valence-electron chi connectivity index (χ2n) is 8.16. The molecule has 0 aromatic heterocycles. The van der Waals surface area contributed by atoms with Crippen LogP contribution in [-0.2, 0) is 19.3 Å². The number of nitrogens with zero attached hydrogens (tertiary/aromatic N) is 2. The molecule has 5 rings (SSSR count). The number of anilines is 3. The van der Waals surface area contributed by atoms with E-state index in [1.54, 1.807) is 23.1 Å². The van der Waals surface area contributed by atoms with E-state index >= 15 is 0 Å². The van der Waals surface area contributed by atoms with E-state index in [1.807, 2.05) is 61.5 Å².